The SMILES string of the molecule is CC(C)n1cc(NC(=O)N(C)CCC[C@H]2CCCO2)nn1. The van der Waals surface area contributed by atoms with Crippen molar-refractivity contribution in [2.24, 2.45) is 0 Å². The van der Waals surface area contributed by atoms with Gasteiger partial charge in [0.25, 0.3) is 0 Å². The zero-order valence-corrected chi connectivity index (χ0v) is 13.1. The number of anilines is 1. The van der Waals surface area contributed by atoms with Gasteiger partial charge in [0.2, 0.25) is 0 Å². The van der Waals surface area contributed by atoms with Crippen molar-refractivity contribution in [2.75, 3.05) is 25.5 Å². The van der Waals surface area contributed by atoms with E-state index >= 15 is 0 Å². The molecule has 0 radical (unpaired) electrons. The zero-order valence-electron chi connectivity index (χ0n) is 13.1. The van der Waals surface area contributed by atoms with Gasteiger partial charge in [0, 0.05) is 26.2 Å². The Bertz CT molecular complexity index is 454. The van der Waals surface area contributed by atoms with E-state index in [1.165, 1.54) is 0 Å². The van der Waals surface area contributed by atoms with Crippen molar-refractivity contribution in [3.8, 4) is 0 Å². The number of aromatic nitrogens is 3. The number of carbonyl (C=O) groups is 1. The van der Waals surface area contributed by atoms with Crippen molar-refractivity contribution in [3.05, 3.63) is 6.20 Å². The average Bonchev–Trinajstić information content (AvgIpc) is 3.09. The maximum absolute atomic E-state index is 12.0. The predicted octanol–water partition coefficient (Wildman–Crippen LogP) is 2.28. The summed E-state index contributed by atoms with van der Waals surface area (Å²) in [5.41, 5.74) is 0. The second kappa shape index (κ2) is 7.40. The molecule has 0 aromatic carbocycles. The summed E-state index contributed by atoms with van der Waals surface area (Å²) in [5.74, 6) is 0.486. The van der Waals surface area contributed by atoms with Crippen molar-refractivity contribution in [2.45, 2.75) is 51.7 Å². The molecule has 0 bridgehead atoms. The van der Waals surface area contributed by atoms with Crippen LogP contribution in [-0.4, -0.2) is 52.2 Å². The average molecular weight is 295 g/mol. The molecular weight excluding hydrogens is 270 g/mol. The first-order chi connectivity index (χ1) is 10.1. The standard InChI is InChI=1S/C14H25N5O2/c1-11(2)19-10-13(16-17-19)15-14(20)18(3)8-4-6-12-7-5-9-21-12/h10-12H,4-9H2,1-3H3,(H,15,20)/t12-/m0/s1. The molecule has 21 heavy (non-hydrogen) atoms. The first kappa shape index (κ1) is 15.8. The van der Waals surface area contributed by atoms with Gasteiger partial charge in [0.05, 0.1) is 12.3 Å². The molecule has 1 aromatic heterocycles. The van der Waals surface area contributed by atoms with Crippen LogP contribution in [0.15, 0.2) is 6.20 Å². The molecule has 1 saturated heterocycles. The molecule has 1 N–H and O–H groups in total. The van der Waals surface area contributed by atoms with E-state index < -0.39 is 0 Å². The maximum atomic E-state index is 12.0. The smallest absolute Gasteiger partial charge is 0.322 e. The normalized spacial score (nSPS) is 18.2. The van der Waals surface area contributed by atoms with Gasteiger partial charge in [0.15, 0.2) is 5.82 Å². The van der Waals surface area contributed by atoms with E-state index in [1.54, 1.807) is 22.8 Å². The summed E-state index contributed by atoms with van der Waals surface area (Å²) in [4.78, 5) is 13.7. The van der Waals surface area contributed by atoms with Gasteiger partial charge in [-0.2, -0.15) is 0 Å². The molecule has 0 spiro atoms. The lowest BCUT2D eigenvalue weighted by Gasteiger charge is -2.18. The van der Waals surface area contributed by atoms with Crippen molar-refractivity contribution < 1.29 is 9.53 Å². The third-order valence-corrected chi connectivity index (χ3v) is 3.66. The van der Waals surface area contributed by atoms with Crippen LogP contribution in [0.1, 0.15) is 45.6 Å². The molecule has 0 saturated carbocycles. The molecular formula is C14H25N5O2. The molecule has 0 aliphatic carbocycles. The van der Waals surface area contributed by atoms with Gasteiger partial charge in [-0.25, -0.2) is 9.48 Å². The highest BCUT2D eigenvalue weighted by molar-refractivity contribution is 5.87. The molecule has 1 fully saturated rings. The predicted molar refractivity (Wildman–Crippen MR) is 80.3 cm³/mol. The largest absolute Gasteiger partial charge is 0.378 e. The number of hydrogen-bond donors (Lipinski definition) is 1. The summed E-state index contributed by atoms with van der Waals surface area (Å²) in [6.45, 7) is 5.62. The number of nitrogens with zero attached hydrogens (tertiary/aromatic N) is 4. The summed E-state index contributed by atoms with van der Waals surface area (Å²) in [7, 11) is 1.79. The van der Waals surface area contributed by atoms with Crippen LogP contribution in [0.3, 0.4) is 0 Å². The molecule has 1 aliphatic rings. The van der Waals surface area contributed by atoms with Gasteiger partial charge in [-0.1, -0.05) is 5.21 Å². The number of hydrogen-bond acceptors (Lipinski definition) is 4. The second-order valence-corrected chi connectivity index (χ2v) is 5.81. The minimum atomic E-state index is -0.154. The number of amides is 2. The van der Waals surface area contributed by atoms with Crippen LogP contribution >= 0.6 is 0 Å². The van der Waals surface area contributed by atoms with Crippen LogP contribution in [0, 0.1) is 0 Å². The van der Waals surface area contributed by atoms with Crippen LogP contribution in [-0.2, 0) is 4.74 Å². The number of nitrogens with one attached hydrogen (secondary N) is 1. The van der Waals surface area contributed by atoms with Gasteiger partial charge in [-0.3, -0.25) is 5.32 Å². The summed E-state index contributed by atoms with van der Waals surface area (Å²) >= 11 is 0. The highest BCUT2D eigenvalue weighted by atomic mass is 16.5. The second-order valence-electron chi connectivity index (χ2n) is 5.81. The van der Waals surface area contributed by atoms with Gasteiger partial charge in [-0.05, 0) is 39.5 Å². The van der Waals surface area contributed by atoms with E-state index in [4.69, 9.17) is 4.74 Å². The lowest BCUT2D eigenvalue weighted by atomic mass is 10.1. The fourth-order valence-electron chi connectivity index (χ4n) is 2.32. The zero-order chi connectivity index (χ0) is 15.2. The van der Waals surface area contributed by atoms with E-state index in [1.807, 2.05) is 13.8 Å². The Labute approximate surface area is 125 Å². The first-order valence-corrected chi connectivity index (χ1v) is 7.62. The van der Waals surface area contributed by atoms with Gasteiger partial charge in [-0.15, -0.1) is 5.10 Å². The third kappa shape index (κ3) is 4.70. The first-order valence-electron chi connectivity index (χ1n) is 7.62. The van der Waals surface area contributed by atoms with Crippen molar-refractivity contribution in [1.29, 1.82) is 0 Å². The summed E-state index contributed by atoms with van der Waals surface area (Å²) < 4.78 is 7.29. The molecule has 1 atom stereocenters. The van der Waals surface area contributed by atoms with Crippen molar-refractivity contribution in [1.82, 2.24) is 19.9 Å². The molecule has 2 heterocycles. The van der Waals surface area contributed by atoms with E-state index in [9.17, 15) is 4.79 Å². The molecule has 7 nitrogen and oxygen atoms in total. The minimum absolute atomic E-state index is 0.154. The van der Waals surface area contributed by atoms with E-state index in [0.717, 1.165) is 32.3 Å². The molecule has 1 aliphatic heterocycles. The Hall–Kier alpha value is -1.63. The van der Waals surface area contributed by atoms with Crippen LogP contribution in [0.5, 0.6) is 0 Å². The Kier molecular flexibility index (Phi) is 5.55. The molecule has 7 heteroatoms. The number of ether oxygens (including phenoxy) is 1. The van der Waals surface area contributed by atoms with Crippen LogP contribution in [0.4, 0.5) is 10.6 Å². The summed E-state index contributed by atoms with van der Waals surface area (Å²) in [6.07, 6.45) is 6.39. The van der Waals surface area contributed by atoms with Crippen molar-refractivity contribution >= 4 is 11.8 Å². The van der Waals surface area contributed by atoms with E-state index in [2.05, 4.69) is 15.6 Å². The lowest BCUT2D eigenvalue weighted by molar-refractivity contribution is 0.101. The van der Waals surface area contributed by atoms with E-state index in [-0.39, 0.29) is 12.1 Å². The summed E-state index contributed by atoms with van der Waals surface area (Å²) in [6, 6.07) is 0.0745. The Morgan fingerprint density at radius 2 is 2.43 bits per heavy atom. The third-order valence-electron chi connectivity index (χ3n) is 3.66. The van der Waals surface area contributed by atoms with Crippen LogP contribution in [0.2, 0.25) is 0 Å². The van der Waals surface area contributed by atoms with Gasteiger partial charge < -0.3 is 9.64 Å². The molecule has 0 unspecified atom stereocenters. The fourth-order valence-corrected chi connectivity index (χ4v) is 2.32. The quantitative estimate of drug-likeness (QED) is 0.874. The molecule has 1 aromatic rings. The Morgan fingerprint density at radius 1 is 1.62 bits per heavy atom. The topological polar surface area (TPSA) is 72.3 Å². The van der Waals surface area contributed by atoms with E-state index in [0.29, 0.717) is 18.5 Å². The van der Waals surface area contributed by atoms with Crippen LogP contribution in [0.25, 0.3) is 0 Å². The molecule has 2 rings (SSSR count). The molecule has 118 valence electrons. The fraction of sp³-hybridized carbons (Fsp3) is 0.786. The Morgan fingerprint density at radius 3 is 3.05 bits per heavy atom. The Balaban J connectivity index is 1.71. The highest BCUT2D eigenvalue weighted by Crippen LogP contribution is 2.17. The maximum Gasteiger partial charge on any atom is 0.322 e. The lowest BCUT2D eigenvalue weighted by Crippen LogP contribution is -2.32. The highest BCUT2D eigenvalue weighted by Gasteiger charge is 2.16. The molecule has 2 amide bonds. The number of rotatable bonds is 6. The monoisotopic (exact) mass is 295 g/mol. The number of urea groups is 1. The van der Waals surface area contributed by atoms with Gasteiger partial charge >= 0.3 is 6.03 Å². The minimum Gasteiger partial charge on any atom is -0.378 e. The van der Waals surface area contributed by atoms with Crippen molar-refractivity contribution in [3.63, 3.8) is 0 Å². The summed E-state index contributed by atoms with van der Waals surface area (Å²) in [5, 5.41) is 10.7. The van der Waals surface area contributed by atoms with Crippen LogP contribution < -0.4 is 5.32 Å². The van der Waals surface area contributed by atoms with Gasteiger partial charge in [0.1, 0.15) is 0 Å². The number of carbonyl (C=O) groups excluding carboxylic acids is 1.